The van der Waals surface area contributed by atoms with Crippen molar-refractivity contribution in [3.63, 3.8) is 0 Å². The monoisotopic (exact) mass is 230 g/mol. The van der Waals surface area contributed by atoms with Crippen molar-refractivity contribution >= 4 is 10.9 Å². The van der Waals surface area contributed by atoms with Crippen LogP contribution in [0.15, 0.2) is 24.4 Å². The summed E-state index contributed by atoms with van der Waals surface area (Å²) >= 11 is 0. The normalized spacial score (nSPS) is 13.3. The topological polar surface area (TPSA) is 41.8 Å². The molecular formula is C15H22N2. The van der Waals surface area contributed by atoms with Gasteiger partial charge in [-0.25, -0.2) is 0 Å². The number of benzene rings is 1. The summed E-state index contributed by atoms with van der Waals surface area (Å²) in [4.78, 5) is 3.29. The Morgan fingerprint density at radius 1 is 1.06 bits per heavy atom. The summed E-state index contributed by atoms with van der Waals surface area (Å²) in [7, 11) is 0. The van der Waals surface area contributed by atoms with Crippen LogP contribution in [0.1, 0.15) is 45.7 Å². The Bertz CT molecular complexity index is 536. The summed E-state index contributed by atoms with van der Waals surface area (Å²) in [6.07, 6.45) is 2.02. The molecule has 2 nitrogen and oxygen atoms in total. The summed E-state index contributed by atoms with van der Waals surface area (Å²) in [6.45, 7) is 10.8. The maximum Gasteiger partial charge on any atom is 0.0457 e. The molecule has 0 spiro atoms. The largest absolute Gasteiger partial charge is 0.361 e. The van der Waals surface area contributed by atoms with Crippen LogP contribution in [-0.4, -0.2) is 4.98 Å². The molecule has 2 aromatic rings. The van der Waals surface area contributed by atoms with Crippen molar-refractivity contribution in [1.29, 1.82) is 0 Å². The van der Waals surface area contributed by atoms with Gasteiger partial charge in [-0.15, -0.1) is 0 Å². The summed E-state index contributed by atoms with van der Waals surface area (Å²) in [5, 5.41) is 1.24. The minimum absolute atomic E-state index is 0.168. The lowest BCUT2D eigenvalue weighted by molar-refractivity contribution is 0.559. The van der Waals surface area contributed by atoms with Crippen LogP contribution < -0.4 is 5.73 Å². The second-order valence-corrected chi connectivity index (χ2v) is 6.43. The van der Waals surface area contributed by atoms with Crippen molar-refractivity contribution in [2.24, 2.45) is 5.73 Å². The van der Waals surface area contributed by atoms with Gasteiger partial charge >= 0.3 is 0 Å². The molecule has 0 fully saturated rings. The number of nitrogens with one attached hydrogen (secondary N) is 1. The molecule has 0 bridgehead atoms. The van der Waals surface area contributed by atoms with Gasteiger partial charge in [0.1, 0.15) is 0 Å². The highest BCUT2D eigenvalue weighted by Crippen LogP contribution is 2.31. The van der Waals surface area contributed by atoms with Crippen LogP contribution in [0.3, 0.4) is 0 Å². The Morgan fingerprint density at radius 3 is 2.24 bits per heavy atom. The Kier molecular flexibility index (Phi) is 2.58. The molecule has 0 unspecified atom stereocenters. The third kappa shape index (κ3) is 2.22. The third-order valence-corrected chi connectivity index (χ3v) is 3.24. The number of nitrogens with two attached hydrogens (primary N) is 1. The van der Waals surface area contributed by atoms with Gasteiger partial charge in [-0.3, -0.25) is 0 Å². The highest BCUT2D eigenvalue weighted by molar-refractivity contribution is 5.85. The van der Waals surface area contributed by atoms with Gasteiger partial charge in [-0.1, -0.05) is 26.8 Å². The van der Waals surface area contributed by atoms with Gasteiger partial charge in [0.15, 0.2) is 0 Å². The second kappa shape index (κ2) is 3.61. The first-order valence-electron chi connectivity index (χ1n) is 6.10. The first kappa shape index (κ1) is 12.2. The highest BCUT2D eigenvalue weighted by Gasteiger charge is 2.20. The van der Waals surface area contributed by atoms with Crippen LogP contribution in [0, 0.1) is 0 Å². The minimum atomic E-state index is -0.311. The number of H-pyrrole nitrogens is 1. The van der Waals surface area contributed by atoms with E-state index in [0.29, 0.717) is 0 Å². The molecule has 1 aromatic carbocycles. The lowest BCUT2D eigenvalue weighted by Crippen LogP contribution is -2.28. The van der Waals surface area contributed by atoms with Gasteiger partial charge < -0.3 is 10.7 Å². The van der Waals surface area contributed by atoms with Crippen LogP contribution in [0.5, 0.6) is 0 Å². The quantitative estimate of drug-likeness (QED) is 0.771. The summed E-state index contributed by atoms with van der Waals surface area (Å²) in [5.74, 6) is 0. The van der Waals surface area contributed by atoms with Crippen molar-refractivity contribution in [2.45, 2.75) is 45.6 Å². The number of aromatic nitrogens is 1. The summed E-state index contributed by atoms with van der Waals surface area (Å²) in [5.41, 5.74) is 9.74. The SMILES string of the molecule is CC(C)(C)c1ccc2[nH]cc(C(C)(C)N)c2c1. The summed E-state index contributed by atoms with van der Waals surface area (Å²) < 4.78 is 0. The van der Waals surface area contributed by atoms with Crippen molar-refractivity contribution in [1.82, 2.24) is 4.98 Å². The fraction of sp³-hybridized carbons (Fsp3) is 0.467. The van der Waals surface area contributed by atoms with E-state index in [-0.39, 0.29) is 11.0 Å². The number of fused-ring (bicyclic) bond motifs is 1. The molecular weight excluding hydrogens is 208 g/mol. The number of aromatic amines is 1. The standard InChI is InChI=1S/C15H22N2/c1-14(2,3)10-6-7-13-11(8-10)12(9-17-13)15(4,5)16/h6-9,17H,16H2,1-5H3. The molecule has 0 radical (unpaired) electrons. The van der Waals surface area contributed by atoms with Gasteiger partial charge in [0, 0.05) is 22.6 Å². The molecule has 0 saturated carbocycles. The Morgan fingerprint density at radius 2 is 1.71 bits per heavy atom. The third-order valence-electron chi connectivity index (χ3n) is 3.24. The Balaban J connectivity index is 2.67. The van der Waals surface area contributed by atoms with Crippen LogP contribution in [0.4, 0.5) is 0 Å². The Hall–Kier alpha value is -1.28. The van der Waals surface area contributed by atoms with Gasteiger partial charge in [0.25, 0.3) is 0 Å². The maximum atomic E-state index is 6.21. The van der Waals surface area contributed by atoms with E-state index < -0.39 is 0 Å². The van der Waals surface area contributed by atoms with E-state index in [1.807, 2.05) is 20.0 Å². The van der Waals surface area contributed by atoms with E-state index >= 15 is 0 Å². The number of hydrogen-bond acceptors (Lipinski definition) is 1. The second-order valence-electron chi connectivity index (χ2n) is 6.43. The molecule has 0 saturated heterocycles. The molecule has 3 N–H and O–H groups in total. The zero-order valence-corrected chi connectivity index (χ0v) is 11.4. The van der Waals surface area contributed by atoms with Crippen LogP contribution in [0.25, 0.3) is 10.9 Å². The van der Waals surface area contributed by atoms with Crippen molar-refractivity contribution in [2.75, 3.05) is 0 Å². The molecule has 17 heavy (non-hydrogen) atoms. The smallest absolute Gasteiger partial charge is 0.0457 e. The predicted molar refractivity (Wildman–Crippen MR) is 74.2 cm³/mol. The van der Waals surface area contributed by atoms with Crippen molar-refractivity contribution < 1.29 is 0 Å². The number of hydrogen-bond donors (Lipinski definition) is 2. The fourth-order valence-corrected chi connectivity index (χ4v) is 2.12. The molecule has 2 rings (SSSR count). The molecule has 0 amide bonds. The first-order chi connectivity index (χ1) is 7.69. The lowest BCUT2D eigenvalue weighted by Gasteiger charge is -2.21. The molecule has 0 aliphatic carbocycles. The molecule has 1 aromatic heterocycles. The van der Waals surface area contributed by atoms with Crippen LogP contribution in [0.2, 0.25) is 0 Å². The average molecular weight is 230 g/mol. The van der Waals surface area contributed by atoms with Crippen LogP contribution >= 0.6 is 0 Å². The molecule has 0 atom stereocenters. The fourth-order valence-electron chi connectivity index (χ4n) is 2.12. The van der Waals surface area contributed by atoms with E-state index in [1.165, 1.54) is 16.5 Å². The predicted octanol–water partition coefficient (Wildman–Crippen LogP) is 3.66. The van der Waals surface area contributed by atoms with Gasteiger partial charge in [0.05, 0.1) is 0 Å². The summed E-state index contributed by atoms with van der Waals surface area (Å²) in [6, 6.07) is 6.59. The van der Waals surface area contributed by atoms with Crippen LogP contribution in [-0.2, 0) is 11.0 Å². The minimum Gasteiger partial charge on any atom is -0.361 e. The molecule has 1 heterocycles. The van der Waals surface area contributed by atoms with Gasteiger partial charge in [-0.2, -0.15) is 0 Å². The first-order valence-corrected chi connectivity index (χ1v) is 6.10. The highest BCUT2D eigenvalue weighted by atomic mass is 14.8. The van der Waals surface area contributed by atoms with Crippen molar-refractivity contribution in [3.8, 4) is 0 Å². The zero-order valence-electron chi connectivity index (χ0n) is 11.4. The van der Waals surface area contributed by atoms with Gasteiger partial charge in [-0.05, 0) is 42.5 Å². The average Bonchev–Trinajstić information content (AvgIpc) is 2.57. The van der Waals surface area contributed by atoms with Crippen molar-refractivity contribution in [3.05, 3.63) is 35.5 Å². The molecule has 0 aliphatic rings. The molecule has 0 aliphatic heterocycles. The van der Waals surface area contributed by atoms with E-state index in [2.05, 4.69) is 44.0 Å². The molecule has 92 valence electrons. The zero-order chi connectivity index (χ0) is 12.8. The lowest BCUT2D eigenvalue weighted by atomic mass is 9.85. The van der Waals surface area contributed by atoms with Gasteiger partial charge in [0.2, 0.25) is 0 Å². The molecule has 2 heteroatoms. The number of rotatable bonds is 1. The van der Waals surface area contributed by atoms with E-state index in [1.54, 1.807) is 0 Å². The Labute approximate surface area is 103 Å². The van der Waals surface area contributed by atoms with E-state index in [4.69, 9.17) is 5.73 Å². The van der Waals surface area contributed by atoms with E-state index in [9.17, 15) is 0 Å². The maximum absolute atomic E-state index is 6.21. The van der Waals surface area contributed by atoms with E-state index in [0.717, 1.165) is 5.52 Å².